The van der Waals surface area contributed by atoms with Gasteiger partial charge >= 0.3 is 5.97 Å². The zero-order chi connectivity index (χ0) is 15.8. The highest BCUT2D eigenvalue weighted by Gasteiger charge is 2.14. The van der Waals surface area contributed by atoms with Gasteiger partial charge in [0.25, 0.3) is 0 Å². The Morgan fingerprint density at radius 3 is 2.67 bits per heavy atom. The number of hydrogen-bond acceptors (Lipinski definition) is 5. The molecule has 1 heterocycles. The van der Waals surface area contributed by atoms with Crippen molar-refractivity contribution < 1.29 is 19.1 Å². The Morgan fingerprint density at radius 1 is 1.33 bits per heavy atom. The van der Waals surface area contributed by atoms with Crippen LogP contribution < -0.4 is 5.32 Å². The molecular weight excluding hydrogens is 272 g/mol. The lowest BCUT2D eigenvalue weighted by Gasteiger charge is -2.14. The maximum absolute atomic E-state index is 11.9. The van der Waals surface area contributed by atoms with Gasteiger partial charge in [-0.25, -0.2) is 9.78 Å². The van der Waals surface area contributed by atoms with E-state index in [0.717, 1.165) is 5.56 Å². The smallest absolute Gasteiger partial charge is 0.356 e. The van der Waals surface area contributed by atoms with Crippen molar-refractivity contribution in [3.8, 4) is 0 Å². The first kappa shape index (κ1) is 17.1. The highest BCUT2D eigenvalue weighted by atomic mass is 16.5. The van der Waals surface area contributed by atoms with Crippen molar-refractivity contribution in [1.29, 1.82) is 0 Å². The topological polar surface area (TPSA) is 77.5 Å². The first-order chi connectivity index (χ1) is 9.93. The van der Waals surface area contributed by atoms with Gasteiger partial charge in [0.2, 0.25) is 5.91 Å². The van der Waals surface area contributed by atoms with Gasteiger partial charge in [-0.1, -0.05) is 13.8 Å². The molecule has 116 valence electrons. The molecular formula is C15H22N2O4. The molecule has 0 aliphatic rings. The Balaban J connectivity index is 2.51. The van der Waals surface area contributed by atoms with Gasteiger partial charge in [0.1, 0.15) is 11.8 Å². The molecule has 0 saturated heterocycles. The Kier molecular flexibility index (Phi) is 6.81. The van der Waals surface area contributed by atoms with E-state index in [1.807, 2.05) is 13.8 Å². The fraction of sp³-hybridized carbons (Fsp3) is 0.533. The van der Waals surface area contributed by atoms with Crippen LogP contribution in [0.25, 0.3) is 0 Å². The number of carbonyl (C=O) groups is 2. The molecule has 1 rings (SSSR count). The van der Waals surface area contributed by atoms with E-state index in [2.05, 4.69) is 15.0 Å². The molecule has 21 heavy (non-hydrogen) atoms. The molecule has 0 radical (unpaired) electrons. The summed E-state index contributed by atoms with van der Waals surface area (Å²) in [5.41, 5.74) is 0.989. The van der Waals surface area contributed by atoms with Gasteiger partial charge in [-0.3, -0.25) is 4.79 Å². The van der Waals surface area contributed by atoms with Crippen LogP contribution in [0.4, 0.5) is 0 Å². The molecule has 0 spiro atoms. The molecule has 0 aliphatic heterocycles. The molecule has 1 unspecified atom stereocenters. The first-order valence-electron chi connectivity index (χ1n) is 6.86. The maximum atomic E-state index is 11.9. The van der Waals surface area contributed by atoms with Gasteiger partial charge < -0.3 is 14.8 Å². The number of amides is 1. The van der Waals surface area contributed by atoms with Crippen LogP contribution in [0.2, 0.25) is 0 Å². The van der Waals surface area contributed by atoms with Crippen LogP contribution in [-0.2, 0) is 20.8 Å². The third-order valence-electron chi connectivity index (χ3n) is 2.73. The SMILES string of the molecule is COC(=O)c1cc(CNC(=O)C(C)OCC(C)C)ccn1. The molecule has 1 N–H and O–H groups in total. The molecule has 0 saturated carbocycles. The van der Waals surface area contributed by atoms with Gasteiger partial charge in [-0.2, -0.15) is 0 Å². The van der Waals surface area contributed by atoms with Gasteiger partial charge in [0, 0.05) is 19.3 Å². The van der Waals surface area contributed by atoms with Gasteiger partial charge in [0.05, 0.1) is 7.11 Å². The predicted molar refractivity (Wildman–Crippen MR) is 77.7 cm³/mol. The number of carbonyl (C=O) groups excluding carboxylic acids is 2. The van der Waals surface area contributed by atoms with E-state index in [1.165, 1.54) is 13.3 Å². The number of aromatic nitrogens is 1. The van der Waals surface area contributed by atoms with Gasteiger partial charge in [-0.05, 0) is 30.5 Å². The Morgan fingerprint density at radius 2 is 2.05 bits per heavy atom. The van der Waals surface area contributed by atoms with Crippen LogP contribution in [-0.4, -0.2) is 36.7 Å². The summed E-state index contributed by atoms with van der Waals surface area (Å²) in [7, 11) is 1.30. The summed E-state index contributed by atoms with van der Waals surface area (Å²) < 4.78 is 10.0. The number of nitrogens with one attached hydrogen (secondary N) is 1. The summed E-state index contributed by atoms with van der Waals surface area (Å²) >= 11 is 0. The number of esters is 1. The number of nitrogens with zero attached hydrogens (tertiary/aromatic N) is 1. The fourth-order valence-electron chi connectivity index (χ4n) is 1.55. The largest absolute Gasteiger partial charge is 0.464 e. The summed E-state index contributed by atoms with van der Waals surface area (Å²) in [6, 6.07) is 3.32. The van der Waals surface area contributed by atoms with Crippen LogP contribution in [0.15, 0.2) is 18.3 Å². The van der Waals surface area contributed by atoms with E-state index in [1.54, 1.807) is 19.1 Å². The molecule has 0 bridgehead atoms. The molecule has 0 aliphatic carbocycles. The molecule has 1 aromatic rings. The number of pyridine rings is 1. The van der Waals surface area contributed by atoms with Crippen molar-refractivity contribution in [2.75, 3.05) is 13.7 Å². The van der Waals surface area contributed by atoms with Crippen molar-refractivity contribution in [3.63, 3.8) is 0 Å². The van der Waals surface area contributed by atoms with E-state index in [-0.39, 0.29) is 11.6 Å². The third-order valence-corrected chi connectivity index (χ3v) is 2.73. The molecule has 1 amide bonds. The lowest BCUT2D eigenvalue weighted by molar-refractivity contribution is -0.132. The molecule has 1 atom stereocenters. The lowest BCUT2D eigenvalue weighted by atomic mass is 10.2. The second kappa shape index (κ2) is 8.36. The summed E-state index contributed by atoms with van der Waals surface area (Å²) in [4.78, 5) is 27.1. The Hall–Kier alpha value is -1.95. The normalized spacial score (nSPS) is 12.0. The van der Waals surface area contributed by atoms with Crippen molar-refractivity contribution >= 4 is 11.9 Å². The first-order valence-corrected chi connectivity index (χ1v) is 6.86. The average molecular weight is 294 g/mol. The quantitative estimate of drug-likeness (QED) is 0.772. The zero-order valence-electron chi connectivity index (χ0n) is 12.9. The summed E-state index contributed by atoms with van der Waals surface area (Å²) in [6.07, 6.45) is 1.00. The second-order valence-corrected chi connectivity index (χ2v) is 5.13. The van der Waals surface area contributed by atoms with E-state index in [0.29, 0.717) is 19.1 Å². The number of ether oxygens (including phenoxy) is 2. The van der Waals surface area contributed by atoms with Gasteiger partial charge in [0.15, 0.2) is 0 Å². The van der Waals surface area contributed by atoms with E-state index in [9.17, 15) is 9.59 Å². The van der Waals surface area contributed by atoms with Crippen molar-refractivity contribution in [2.45, 2.75) is 33.4 Å². The summed E-state index contributed by atoms with van der Waals surface area (Å²) in [6.45, 7) is 6.60. The molecule has 6 nitrogen and oxygen atoms in total. The number of hydrogen-bond donors (Lipinski definition) is 1. The lowest BCUT2D eigenvalue weighted by Crippen LogP contribution is -2.34. The minimum atomic E-state index is -0.505. The van der Waals surface area contributed by atoms with E-state index in [4.69, 9.17) is 4.74 Å². The van der Waals surface area contributed by atoms with Crippen LogP contribution in [0.1, 0.15) is 36.8 Å². The van der Waals surface area contributed by atoms with E-state index >= 15 is 0 Å². The molecule has 0 aromatic carbocycles. The van der Waals surface area contributed by atoms with Crippen LogP contribution in [0, 0.1) is 5.92 Å². The zero-order valence-corrected chi connectivity index (χ0v) is 12.9. The fourth-order valence-corrected chi connectivity index (χ4v) is 1.55. The van der Waals surface area contributed by atoms with Crippen molar-refractivity contribution in [1.82, 2.24) is 10.3 Å². The molecule has 6 heteroatoms. The highest BCUT2D eigenvalue weighted by molar-refractivity contribution is 5.87. The highest BCUT2D eigenvalue weighted by Crippen LogP contribution is 2.04. The summed E-state index contributed by atoms with van der Waals surface area (Å²) in [5, 5.41) is 2.76. The minimum Gasteiger partial charge on any atom is -0.464 e. The second-order valence-electron chi connectivity index (χ2n) is 5.13. The van der Waals surface area contributed by atoms with Crippen LogP contribution in [0.3, 0.4) is 0 Å². The summed E-state index contributed by atoms with van der Waals surface area (Å²) in [5.74, 6) is -0.313. The van der Waals surface area contributed by atoms with E-state index < -0.39 is 12.1 Å². The van der Waals surface area contributed by atoms with Crippen molar-refractivity contribution in [2.24, 2.45) is 5.92 Å². The average Bonchev–Trinajstić information content (AvgIpc) is 2.49. The maximum Gasteiger partial charge on any atom is 0.356 e. The van der Waals surface area contributed by atoms with Crippen LogP contribution in [0.5, 0.6) is 0 Å². The standard InChI is InChI=1S/C15H22N2O4/c1-10(2)9-21-11(3)14(18)17-8-12-5-6-16-13(7-12)15(19)20-4/h5-7,10-11H,8-9H2,1-4H3,(H,17,18). The molecule has 1 aromatic heterocycles. The predicted octanol–water partition coefficient (Wildman–Crippen LogP) is 1.55. The minimum absolute atomic E-state index is 0.188. The van der Waals surface area contributed by atoms with Crippen LogP contribution >= 0.6 is 0 Å². The number of rotatable bonds is 7. The Labute approximate surface area is 124 Å². The monoisotopic (exact) mass is 294 g/mol. The molecule has 0 fully saturated rings. The third kappa shape index (κ3) is 5.91. The number of methoxy groups -OCH3 is 1. The Bertz CT molecular complexity index is 488. The van der Waals surface area contributed by atoms with Gasteiger partial charge in [-0.15, -0.1) is 0 Å². The van der Waals surface area contributed by atoms with Crippen molar-refractivity contribution in [3.05, 3.63) is 29.6 Å².